The Bertz CT molecular complexity index is 864. The topological polar surface area (TPSA) is 137 Å². The predicted octanol–water partition coefficient (Wildman–Crippen LogP) is -0.982. The maximum atomic E-state index is 13.5. The highest BCUT2D eigenvalue weighted by molar-refractivity contribution is 5.95. The first-order chi connectivity index (χ1) is 16.2. The monoisotopic (exact) mass is 478 g/mol. The summed E-state index contributed by atoms with van der Waals surface area (Å²) in [6, 6.07) is -3.26. The van der Waals surface area contributed by atoms with Gasteiger partial charge in [0.15, 0.2) is 0 Å². The summed E-state index contributed by atoms with van der Waals surface area (Å²) in [4.78, 5) is 69.7. The van der Waals surface area contributed by atoms with Gasteiger partial charge in [0.1, 0.15) is 30.8 Å². The Kier molecular flexibility index (Phi) is 7.11. The Hall–Kier alpha value is -2.69. The molecule has 4 rings (SSSR count). The molecule has 0 unspecified atom stereocenters. The van der Waals surface area contributed by atoms with Gasteiger partial charge in [-0.25, -0.2) is 4.79 Å². The van der Waals surface area contributed by atoms with Crippen LogP contribution in [0.15, 0.2) is 0 Å². The quantitative estimate of drug-likeness (QED) is 0.427. The standard InChI is InChI=1S/C23H34N4O7/c1-13-9-18-23(33)34-8-6-19(29)26-12-15(28)10-17(26)22(32)25-7-4-3-5-16(25)20(30)24-14(2)21(31)27(18)11-13/h13-18,28H,3-12H2,1-2H3,(H,24,30)/t13-,14+,15-,16+,17+,18+/m1/s1. The number of rotatable bonds is 0. The average molecular weight is 479 g/mol. The van der Waals surface area contributed by atoms with E-state index in [1.54, 1.807) is 6.92 Å². The van der Waals surface area contributed by atoms with Crippen LogP contribution in [0.1, 0.15) is 52.4 Å². The minimum Gasteiger partial charge on any atom is -0.464 e. The van der Waals surface area contributed by atoms with Gasteiger partial charge in [0.2, 0.25) is 23.6 Å². The number of aliphatic hydroxyl groups is 1. The third kappa shape index (κ3) is 4.75. The lowest BCUT2D eigenvalue weighted by Gasteiger charge is -2.38. The van der Waals surface area contributed by atoms with Gasteiger partial charge in [-0.3, -0.25) is 19.2 Å². The summed E-state index contributed by atoms with van der Waals surface area (Å²) in [7, 11) is 0. The molecule has 0 bridgehead atoms. The zero-order chi connectivity index (χ0) is 24.6. The predicted molar refractivity (Wildman–Crippen MR) is 118 cm³/mol. The highest BCUT2D eigenvalue weighted by Gasteiger charge is 2.45. The summed E-state index contributed by atoms with van der Waals surface area (Å²) in [5.41, 5.74) is 0. The number of amides is 4. The number of ether oxygens (including phenoxy) is 1. The fourth-order valence-electron chi connectivity index (χ4n) is 5.59. The van der Waals surface area contributed by atoms with E-state index in [4.69, 9.17) is 4.74 Å². The molecular weight excluding hydrogens is 444 g/mol. The largest absolute Gasteiger partial charge is 0.464 e. The maximum Gasteiger partial charge on any atom is 0.328 e. The zero-order valence-electron chi connectivity index (χ0n) is 19.8. The van der Waals surface area contributed by atoms with Crippen molar-refractivity contribution >= 4 is 29.6 Å². The summed E-state index contributed by atoms with van der Waals surface area (Å²) in [5, 5.41) is 12.9. The molecule has 0 radical (unpaired) electrons. The lowest BCUT2D eigenvalue weighted by molar-refractivity contribution is -0.156. The van der Waals surface area contributed by atoms with Crippen molar-refractivity contribution in [3.63, 3.8) is 0 Å². The first-order valence-electron chi connectivity index (χ1n) is 12.2. The highest BCUT2D eigenvalue weighted by Crippen LogP contribution is 2.27. The number of nitrogens with one attached hydrogen (secondary N) is 1. The summed E-state index contributed by atoms with van der Waals surface area (Å²) in [6.07, 6.45) is 1.53. The molecule has 0 aromatic heterocycles. The first-order valence-corrected chi connectivity index (χ1v) is 12.2. The van der Waals surface area contributed by atoms with Crippen molar-refractivity contribution in [2.75, 3.05) is 26.2 Å². The maximum absolute atomic E-state index is 13.5. The number of hydrogen-bond donors (Lipinski definition) is 2. The molecule has 2 N–H and O–H groups in total. The third-order valence-corrected chi connectivity index (χ3v) is 7.33. The van der Waals surface area contributed by atoms with E-state index in [1.165, 1.54) is 14.7 Å². The SMILES string of the molecule is C[C@@H]1C[C@H]2C(=O)OCCC(=O)N3C[C@H](O)C[C@H]3C(=O)N3CCCC[C@H]3C(=O)N[C@@H](C)C(=O)N2C1. The van der Waals surface area contributed by atoms with Crippen LogP contribution in [0.2, 0.25) is 0 Å². The van der Waals surface area contributed by atoms with Gasteiger partial charge in [0.05, 0.1) is 12.5 Å². The second kappa shape index (κ2) is 9.89. The summed E-state index contributed by atoms with van der Waals surface area (Å²) in [5.74, 6) is -2.06. The van der Waals surface area contributed by atoms with Gasteiger partial charge in [-0.2, -0.15) is 0 Å². The van der Waals surface area contributed by atoms with Gasteiger partial charge >= 0.3 is 5.97 Å². The Morgan fingerprint density at radius 2 is 1.65 bits per heavy atom. The Balaban J connectivity index is 1.63. The van der Waals surface area contributed by atoms with Gasteiger partial charge in [0.25, 0.3) is 0 Å². The van der Waals surface area contributed by atoms with Crippen LogP contribution in [-0.2, 0) is 28.7 Å². The molecule has 4 saturated heterocycles. The van der Waals surface area contributed by atoms with Crippen LogP contribution in [0.25, 0.3) is 0 Å². The number of carbonyl (C=O) groups excluding carboxylic acids is 5. The molecule has 11 heteroatoms. The molecule has 188 valence electrons. The lowest BCUT2D eigenvalue weighted by atomic mass is 9.99. The summed E-state index contributed by atoms with van der Waals surface area (Å²) < 4.78 is 5.34. The number of esters is 1. The molecular formula is C23H34N4O7. The van der Waals surface area contributed by atoms with Crippen molar-refractivity contribution < 1.29 is 33.8 Å². The van der Waals surface area contributed by atoms with Gasteiger partial charge in [-0.05, 0) is 38.5 Å². The fraction of sp³-hybridized carbons (Fsp3) is 0.783. The number of hydrogen-bond acceptors (Lipinski definition) is 7. The molecule has 4 fully saturated rings. The van der Waals surface area contributed by atoms with Crippen molar-refractivity contribution in [3.8, 4) is 0 Å². The zero-order valence-corrected chi connectivity index (χ0v) is 19.8. The van der Waals surface area contributed by atoms with E-state index in [2.05, 4.69) is 5.32 Å². The first kappa shape index (κ1) is 24.4. The van der Waals surface area contributed by atoms with Gasteiger partial charge < -0.3 is 29.9 Å². The van der Waals surface area contributed by atoms with Gasteiger partial charge in [0, 0.05) is 26.1 Å². The summed E-state index contributed by atoms with van der Waals surface area (Å²) in [6.45, 7) is 4.12. The number of nitrogens with zero attached hydrogens (tertiary/aromatic N) is 3. The van der Waals surface area contributed by atoms with Crippen LogP contribution in [0.5, 0.6) is 0 Å². The number of piperidine rings is 1. The second-order valence-electron chi connectivity index (χ2n) is 9.99. The molecule has 0 aliphatic carbocycles. The molecule has 6 atom stereocenters. The van der Waals surface area contributed by atoms with Crippen molar-refractivity contribution in [3.05, 3.63) is 0 Å². The van der Waals surface area contributed by atoms with Crippen LogP contribution in [0, 0.1) is 5.92 Å². The minimum absolute atomic E-state index is 0.0212. The van der Waals surface area contributed by atoms with Crippen LogP contribution in [0.4, 0.5) is 0 Å². The van der Waals surface area contributed by atoms with E-state index in [0.717, 1.165) is 12.8 Å². The van der Waals surface area contributed by atoms with Crippen molar-refractivity contribution in [2.24, 2.45) is 5.92 Å². The van der Waals surface area contributed by atoms with E-state index in [1.807, 2.05) is 6.92 Å². The molecule has 4 amide bonds. The number of aliphatic hydroxyl groups excluding tert-OH is 1. The van der Waals surface area contributed by atoms with Crippen molar-refractivity contribution in [1.29, 1.82) is 0 Å². The molecule has 4 aliphatic heterocycles. The van der Waals surface area contributed by atoms with Crippen LogP contribution in [0.3, 0.4) is 0 Å². The fourth-order valence-corrected chi connectivity index (χ4v) is 5.59. The minimum atomic E-state index is -0.871. The van der Waals surface area contributed by atoms with Crippen LogP contribution in [-0.4, -0.2) is 106 Å². The summed E-state index contributed by atoms with van der Waals surface area (Å²) >= 11 is 0. The van der Waals surface area contributed by atoms with Crippen molar-refractivity contribution in [1.82, 2.24) is 20.0 Å². The molecule has 0 saturated carbocycles. The molecule has 11 nitrogen and oxygen atoms in total. The van der Waals surface area contributed by atoms with E-state index >= 15 is 0 Å². The molecule has 4 heterocycles. The molecule has 4 aliphatic rings. The number of carbonyl (C=O) groups is 5. The Morgan fingerprint density at radius 3 is 2.41 bits per heavy atom. The van der Waals surface area contributed by atoms with Gasteiger partial charge in [-0.15, -0.1) is 0 Å². The highest BCUT2D eigenvalue weighted by atomic mass is 16.5. The van der Waals surface area contributed by atoms with Crippen LogP contribution < -0.4 is 5.32 Å². The molecule has 0 spiro atoms. The van der Waals surface area contributed by atoms with Gasteiger partial charge in [-0.1, -0.05) is 6.92 Å². The van der Waals surface area contributed by atoms with Crippen molar-refractivity contribution in [2.45, 2.75) is 82.6 Å². The number of fused-ring (bicyclic) bond motifs is 3. The normalized spacial score (nSPS) is 36.1. The van der Waals surface area contributed by atoms with E-state index in [0.29, 0.717) is 25.9 Å². The molecule has 0 aromatic rings. The molecule has 0 aromatic carbocycles. The Morgan fingerprint density at radius 1 is 0.882 bits per heavy atom. The average Bonchev–Trinajstić information content (AvgIpc) is 3.40. The van der Waals surface area contributed by atoms with Crippen LogP contribution >= 0.6 is 0 Å². The van der Waals surface area contributed by atoms with E-state index in [9.17, 15) is 29.1 Å². The lowest BCUT2D eigenvalue weighted by Crippen LogP contribution is -2.59. The van der Waals surface area contributed by atoms with E-state index < -0.39 is 48.1 Å². The Labute approximate surface area is 198 Å². The number of cyclic esters (lactones) is 1. The molecule has 34 heavy (non-hydrogen) atoms. The third-order valence-electron chi connectivity index (χ3n) is 7.33. The smallest absolute Gasteiger partial charge is 0.328 e. The van der Waals surface area contributed by atoms with E-state index in [-0.39, 0.29) is 43.7 Å². The second-order valence-corrected chi connectivity index (χ2v) is 9.99.